The Bertz CT molecular complexity index is 1560. The second kappa shape index (κ2) is 11.4. The van der Waals surface area contributed by atoms with Gasteiger partial charge >= 0.3 is 6.36 Å². The van der Waals surface area contributed by atoms with Crippen LogP contribution in [0.1, 0.15) is 21.5 Å². The van der Waals surface area contributed by atoms with Gasteiger partial charge in [0.15, 0.2) is 0 Å². The fraction of sp³-hybridized carbons (Fsp3) is 0.107. The predicted molar refractivity (Wildman–Crippen MR) is 144 cm³/mol. The van der Waals surface area contributed by atoms with Crippen LogP contribution in [0.2, 0.25) is 5.02 Å². The van der Waals surface area contributed by atoms with Gasteiger partial charge in [-0.05, 0) is 73.2 Å². The number of sulfonamides is 1. The molecule has 1 amide bonds. The Labute approximate surface area is 228 Å². The first-order chi connectivity index (χ1) is 18.4. The van der Waals surface area contributed by atoms with E-state index in [-0.39, 0.29) is 28.4 Å². The number of nitrogens with one attached hydrogen (secondary N) is 1. The monoisotopic (exact) mass is 574 g/mol. The summed E-state index contributed by atoms with van der Waals surface area (Å²) in [5, 5.41) is 3.08. The number of carbonyl (C=O) groups is 1. The van der Waals surface area contributed by atoms with E-state index in [0.29, 0.717) is 10.6 Å². The molecule has 0 aliphatic carbocycles. The van der Waals surface area contributed by atoms with Gasteiger partial charge in [-0.2, -0.15) is 0 Å². The zero-order chi connectivity index (χ0) is 28.2. The molecule has 0 saturated carbocycles. The van der Waals surface area contributed by atoms with Crippen LogP contribution in [0.15, 0.2) is 102 Å². The molecule has 0 unspecified atom stereocenters. The van der Waals surface area contributed by atoms with Crippen molar-refractivity contribution in [2.45, 2.75) is 24.7 Å². The van der Waals surface area contributed by atoms with E-state index in [1.54, 1.807) is 48.5 Å². The summed E-state index contributed by atoms with van der Waals surface area (Å²) >= 11 is 6.00. The predicted octanol–water partition coefficient (Wildman–Crippen LogP) is 7.19. The first kappa shape index (κ1) is 28.0. The number of carbonyl (C=O) groups excluding carboxylic acids is 1. The van der Waals surface area contributed by atoms with Crippen molar-refractivity contribution in [3.05, 3.63) is 119 Å². The van der Waals surface area contributed by atoms with E-state index in [4.69, 9.17) is 11.6 Å². The molecule has 0 spiro atoms. The van der Waals surface area contributed by atoms with Crippen molar-refractivity contribution in [1.82, 2.24) is 0 Å². The lowest BCUT2D eigenvalue weighted by molar-refractivity contribution is -0.274. The van der Waals surface area contributed by atoms with Gasteiger partial charge in [0, 0.05) is 10.7 Å². The minimum atomic E-state index is -4.85. The summed E-state index contributed by atoms with van der Waals surface area (Å²) in [5.74, 6) is -1.10. The van der Waals surface area contributed by atoms with Crippen molar-refractivity contribution in [2.24, 2.45) is 0 Å². The minimum Gasteiger partial charge on any atom is -0.406 e. The van der Waals surface area contributed by atoms with Crippen molar-refractivity contribution in [2.75, 3.05) is 9.62 Å². The third-order valence-electron chi connectivity index (χ3n) is 5.61. The van der Waals surface area contributed by atoms with Crippen molar-refractivity contribution in [3.8, 4) is 5.75 Å². The molecular formula is C28H22ClF3N2O4S. The molecule has 11 heteroatoms. The Hall–Kier alpha value is -4.02. The number of hydrogen-bond acceptors (Lipinski definition) is 4. The smallest absolute Gasteiger partial charge is 0.406 e. The number of amides is 1. The van der Waals surface area contributed by atoms with Gasteiger partial charge in [0.25, 0.3) is 15.9 Å². The van der Waals surface area contributed by atoms with Gasteiger partial charge in [0.05, 0.1) is 22.7 Å². The fourth-order valence-corrected chi connectivity index (χ4v) is 5.31. The average Bonchev–Trinajstić information content (AvgIpc) is 2.89. The van der Waals surface area contributed by atoms with E-state index in [1.807, 2.05) is 6.92 Å². The Morgan fingerprint density at radius 2 is 1.51 bits per heavy atom. The number of alkyl halides is 3. The zero-order valence-corrected chi connectivity index (χ0v) is 22.0. The minimum absolute atomic E-state index is 0.0394. The molecule has 4 aromatic carbocycles. The number of aryl methyl sites for hydroxylation is 1. The number of anilines is 2. The molecule has 0 bridgehead atoms. The van der Waals surface area contributed by atoms with Gasteiger partial charge in [-0.1, -0.05) is 53.6 Å². The highest BCUT2D eigenvalue weighted by Gasteiger charge is 2.31. The number of benzene rings is 4. The van der Waals surface area contributed by atoms with E-state index in [2.05, 4.69) is 10.1 Å². The molecule has 4 rings (SSSR count). The second-order valence-corrected chi connectivity index (χ2v) is 10.8. The Balaban J connectivity index is 1.70. The maximum atomic E-state index is 13.9. The zero-order valence-electron chi connectivity index (χ0n) is 20.4. The summed E-state index contributed by atoms with van der Waals surface area (Å²) in [6.45, 7) is 1.74. The van der Waals surface area contributed by atoms with E-state index in [0.717, 1.165) is 22.0 Å². The van der Waals surface area contributed by atoms with Gasteiger partial charge in [-0.25, -0.2) is 8.42 Å². The van der Waals surface area contributed by atoms with Crippen molar-refractivity contribution in [3.63, 3.8) is 0 Å². The summed E-state index contributed by atoms with van der Waals surface area (Å²) in [5.41, 5.74) is 1.85. The van der Waals surface area contributed by atoms with Crippen molar-refractivity contribution < 1.29 is 31.1 Å². The Morgan fingerprint density at radius 3 is 2.13 bits per heavy atom. The number of para-hydroxylation sites is 1. The van der Waals surface area contributed by atoms with Crippen LogP contribution in [0, 0.1) is 6.92 Å². The van der Waals surface area contributed by atoms with E-state index >= 15 is 0 Å². The van der Waals surface area contributed by atoms with Gasteiger partial charge in [0.2, 0.25) is 0 Å². The second-order valence-electron chi connectivity index (χ2n) is 8.49. The SMILES string of the molecule is Cc1ccc(S(=O)(=O)N(Cc2ccc(Cl)cc2)c2ccccc2C(=O)Nc2ccc(OC(F)(F)F)cc2)cc1. The topological polar surface area (TPSA) is 75.7 Å². The maximum absolute atomic E-state index is 13.9. The Morgan fingerprint density at radius 1 is 0.897 bits per heavy atom. The molecule has 0 atom stereocenters. The summed E-state index contributed by atoms with van der Waals surface area (Å²) in [6.07, 6.45) is -4.85. The Kier molecular flexibility index (Phi) is 8.17. The maximum Gasteiger partial charge on any atom is 0.573 e. The third kappa shape index (κ3) is 7.10. The number of halogens is 4. The molecule has 202 valence electrons. The summed E-state index contributed by atoms with van der Waals surface area (Å²) < 4.78 is 70.1. The highest BCUT2D eigenvalue weighted by molar-refractivity contribution is 7.92. The molecule has 1 N–H and O–H groups in total. The van der Waals surface area contributed by atoms with Crippen LogP contribution in [-0.2, 0) is 16.6 Å². The van der Waals surface area contributed by atoms with Gasteiger partial charge in [-0.3, -0.25) is 9.10 Å². The van der Waals surface area contributed by atoms with Crippen LogP contribution >= 0.6 is 11.6 Å². The van der Waals surface area contributed by atoms with Crippen molar-refractivity contribution in [1.29, 1.82) is 0 Å². The molecule has 0 saturated heterocycles. The lowest BCUT2D eigenvalue weighted by atomic mass is 10.1. The number of ether oxygens (including phenoxy) is 1. The normalized spacial score (nSPS) is 11.6. The van der Waals surface area contributed by atoms with E-state index in [9.17, 15) is 26.4 Å². The van der Waals surface area contributed by atoms with Gasteiger partial charge in [0.1, 0.15) is 5.75 Å². The first-order valence-electron chi connectivity index (χ1n) is 11.5. The van der Waals surface area contributed by atoms with Gasteiger partial charge < -0.3 is 10.1 Å². The lowest BCUT2D eigenvalue weighted by Gasteiger charge is -2.27. The van der Waals surface area contributed by atoms with Crippen LogP contribution in [0.25, 0.3) is 0 Å². The molecule has 0 heterocycles. The molecule has 0 fully saturated rings. The molecule has 0 aromatic heterocycles. The summed E-state index contributed by atoms with van der Waals surface area (Å²) in [7, 11) is -4.13. The number of rotatable bonds is 8. The summed E-state index contributed by atoms with van der Waals surface area (Å²) in [4.78, 5) is 13.3. The quantitative estimate of drug-likeness (QED) is 0.242. The first-order valence-corrected chi connectivity index (χ1v) is 13.3. The van der Waals surface area contributed by atoms with Gasteiger partial charge in [-0.15, -0.1) is 13.2 Å². The highest BCUT2D eigenvalue weighted by Crippen LogP contribution is 2.31. The van der Waals surface area contributed by atoms with Crippen LogP contribution in [0.5, 0.6) is 5.75 Å². The average molecular weight is 575 g/mol. The van der Waals surface area contributed by atoms with E-state index in [1.165, 1.54) is 36.4 Å². The molecule has 6 nitrogen and oxygen atoms in total. The largest absolute Gasteiger partial charge is 0.573 e. The summed E-state index contributed by atoms with van der Waals surface area (Å²) in [6, 6.07) is 23.8. The molecule has 4 aromatic rings. The van der Waals surface area contributed by atoms with Crippen LogP contribution in [0.4, 0.5) is 24.5 Å². The number of hydrogen-bond donors (Lipinski definition) is 1. The highest BCUT2D eigenvalue weighted by atomic mass is 35.5. The van der Waals surface area contributed by atoms with Crippen molar-refractivity contribution >= 4 is 38.9 Å². The van der Waals surface area contributed by atoms with Crippen LogP contribution in [0.3, 0.4) is 0 Å². The van der Waals surface area contributed by atoms with Crippen LogP contribution in [-0.4, -0.2) is 20.7 Å². The molecule has 0 aliphatic heterocycles. The van der Waals surface area contributed by atoms with E-state index < -0.39 is 28.0 Å². The fourth-order valence-electron chi connectivity index (χ4n) is 3.71. The lowest BCUT2D eigenvalue weighted by Crippen LogP contribution is -2.32. The molecule has 39 heavy (non-hydrogen) atoms. The third-order valence-corrected chi connectivity index (χ3v) is 7.64. The molecule has 0 aliphatic rings. The molecule has 0 radical (unpaired) electrons. The van der Waals surface area contributed by atoms with Crippen LogP contribution < -0.4 is 14.4 Å². The standard InChI is InChI=1S/C28H22ClF3N2O4S/c1-19-6-16-24(17-7-19)39(36,37)34(18-20-8-10-21(29)11-9-20)26-5-3-2-4-25(26)27(35)33-22-12-14-23(15-13-22)38-28(30,31)32/h2-17H,18H2,1H3,(H,33,35). The number of nitrogens with zero attached hydrogens (tertiary/aromatic N) is 1. The molecular weight excluding hydrogens is 553 g/mol.